The molecule has 0 N–H and O–H groups in total. The summed E-state index contributed by atoms with van der Waals surface area (Å²) in [7, 11) is 0. The van der Waals surface area contributed by atoms with Gasteiger partial charge in [0.15, 0.2) is 0 Å². The van der Waals surface area contributed by atoms with Gasteiger partial charge in [0.2, 0.25) is 0 Å². The minimum atomic E-state index is -0.150. The second-order valence-electron chi connectivity index (χ2n) is 4.38. The van der Waals surface area contributed by atoms with Crippen LogP contribution < -0.4 is 4.65 Å². The summed E-state index contributed by atoms with van der Waals surface area (Å²) in [6.07, 6.45) is 4.17. The lowest BCUT2D eigenvalue weighted by atomic mass is 10.2. The highest BCUT2D eigenvalue weighted by Gasteiger charge is 2.18. The van der Waals surface area contributed by atoms with Crippen molar-refractivity contribution in [1.82, 2.24) is 4.65 Å². The molecule has 0 saturated heterocycles. The van der Waals surface area contributed by atoms with Crippen LogP contribution in [0, 0.1) is 5.21 Å². The van der Waals surface area contributed by atoms with Crippen LogP contribution in [0.4, 0.5) is 5.69 Å². The molecule has 0 spiro atoms. The standard InChI is InChI=1S/C14H23NO/c1-3-5-12-15(16,13-6-4-2)14-10-8-7-9-11-14/h7-11H,3-6,12-13H2,1-2H3. The van der Waals surface area contributed by atoms with Crippen molar-refractivity contribution in [1.29, 1.82) is 0 Å². The van der Waals surface area contributed by atoms with Crippen LogP contribution in [0.2, 0.25) is 0 Å². The molecule has 90 valence electrons. The van der Waals surface area contributed by atoms with Gasteiger partial charge in [0.1, 0.15) is 5.69 Å². The Balaban J connectivity index is 2.77. The quantitative estimate of drug-likeness (QED) is 0.502. The SMILES string of the molecule is CCCC[N+]([O-])(CCCC)c1ccccc1. The molecule has 2 nitrogen and oxygen atoms in total. The summed E-state index contributed by atoms with van der Waals surface area (Å²) in [5.41, 5.74) is 0.907. The van der Waals surface area contributed by atoms with Crippen LogP contribution in [-0.2, 0) is 0 Å². The molecule has 0 aromatic heterocycles. The molecule has 0 heterocycles. The zero-order valence-electron chi connectivity index (χ0n) is 10.5. The van der Waals surface area contributed by atoms with Gasteiger partial charge >= 0.3 is 0 Å². The van der Waals surface area contributed by atoms with E-state index in [2.05, 4.69) is 13.8 Å². The summed E-state index contributed by atoms with van der Waals surface area (Å²) in [4.78, 5) is 0. The number of benzene rings is 1. The second-order valence-corrected chi connectivity index (χ2v) is 4.38. The lowest BCUT2D eigenvalue weighted by Gasteiger charge is -2.42. The molecule has 1 aromatic rings. The number of hydroxylamine groups is 2. The fourth-order valence-electron chi connectivity index (χ4n) is 1.90. The summed E-state index contributed by atoms with van der Waals surface area (Å²) in [6.45, 7) is 5.69. The summed E-state index contributed by atoms with van der Waals surface area (Å²) in [5.74, 6) is 0. The highest BCUT2D eigenvalue weighted by atomic mass is 16.5. The molecule has 0 bridgehead atoms. The first-order valence-electron chi connectivity index (χ1n) is 6.36. The Morgan fingerprint density at radius 3 is 1.88 bits per heavy atom. The molecule has 1 rings (SSSR count). The molecule has 0 saturated carbocycles. The van der Waals surface area contributed by atoms with Crippen LogP contribution >= 0.6 is 0 Å². The largest absolute Gasteiger partial charge is 0.627 e. The molecule has 16 heavy (non-hydrogen) atoms. The minimum absolute atomic E-state index is 0.150. The van der Waals surface area contributed by atoms with E-state index in [0.29, 0.717) is 13.1 Å². The van der Waals surface area contributed by atoms with Crippen LogP contribution in [0.5, 0.6) is 0 Å². The number of hydrogen-bond donors (Lipinski definition) is 0. The molecule has 0 unspecified atom stereocenters. The van der Waals surface area contributed by atoms with Crippen LogP contribution in [0.25, 0.3) is 0 Å². The number of quaternary nitrogens is 1. The van der Waals surface area contributed by atoms with Gasteiger partial charge in [-0.25, -0.2) is 0 Å². The summed E-state index contributed by atoms with van der Waals surface area (Å²) in [5, 5.41) is 12.8. The molecule has 2 heteroatoms. The Hall–Kier alpha value is -0.860. The van der Waals surface area contributed by atoms with Gasteiger partial charge in [-0.1, -0.05) is 44.9 Å². The van der Waals surface area contributed by atoms with Crippen molar-refractivity contribution in [3.05, 3.63) is 35.5 Å². The zero-order valence-corrected chi connectivity index (χ0v) is 10.5. The third-order valence-corrected chi connectivity index (χ3v) is 2.97. The van der Waals surface area contributed by atoms with E-state index in [-0.39, 0.29) is 4.65 Å². The Labute approximate surface area is 99.1 Å². The van der Waals surface area contributed by atoms with Crippen LogP contribution in [-0.4, -0.2) is 13.1 Å². The predicted molar refractivity (Wildman–Crippen MR) is 71.2 cm³/mol. The Morgan fingerprint density at radius 1 is 0.938 bits per heavy atom. The fourth-order valence-corrected chi connectivity index (χ4v) is 1.90. The van der Waals surface area contributed by atoms with Crippen molar-refractivity contribution in [3.8, 4) is 0 Å². The van der Waals surface area contributed by atoms with E-state index in [1.807, 2.05) is 30.3 Å². The van der Waals surface area contributed by atoms with Crippen LogP contribution in [0.15, 0.2) is 30.3 Å². The van der Waals surface area contributed by atoms with E-state index >= 15 is 0 Å². The summed E-state index contributed by atoms with van der Waals surface area (Å²) < 4.78 is -0.150. The second kappa shape index (κ2) is 6.66. The van der Waals surface area contributed by atoms with Crippen molar-refractivity contribution in [2.24, 2.45) is 0 Å². The monoisotopic (exact) mass is 221 g/mol. The van der Waals surface area contributed by atoms with Gasteiger partial charge in [-0.2, -0.15) is 0 Å². The molecular weight excluding hydrogens is 198 g/mol. The highest BCUT2D eigenvalue weighted by Crippen LogP contribution is 2.23. The van der Waals surface area contributed by atoms with Crippen molar-refractivity contribution >= 4 is 5.69 Å². The van der Waals surface area contributed by atoms with E-state index < -0.39 is 0 Å². The highest BCUT2D eigenvalue weighted by molar-refractivity contribution is 5.43. The number of hydrogen-bond acceptors (Lipinski definition) is 1. The Morgan fingerprint density at radius 2 is 1.44 bits per heavy atom. The summed E-state index contributed by atoms with van der Waals surface area (Å²) >= 11 is 0. The third kappa shape index (κ3) is 3.62. The van der Waals surface area contributed by atoms with Crippen LogP contribution in [0.1, 0.15) is 39.5 Å². The van der Waals surface area contributed by atoms with E-state index in [0.717, 1.165) is 31.4 Å². The van der Waals surface area contributed by atoms with E-state index in [1.165, 1.54) is 0 Å². The van der Waals surface area contributed by atoms with Gasteiger partial charge < -0.3 is 9.85 Å². The average molecular weight is 221 g/mol. The topological polar surface area (TPSA) is 23.1 Å². The molecule has 1 aromatic carbocycles. The first-order valence-corrected chi connectivity index (χ1v) is 6.36. The predicted octanol–water partition coefficient (Wildman–Crippen LogP) is 4.09. The lowest BCUT2D eigenvalue weighted by molar-refractivity contribution is 0.355. The maximum absolute atomic E-state index is 12.8. The van der Waals surface area contributed by atoms with Gasteiger partial charge in [0.05, 0.1) is 13.1 Å². The van der Waals surface area contributed by atoms with Crippen molar-refractivity contribution in [2.75, 3.05) is 13.1 Å². The fraction of sp³-hybridized carbons (Fsp3) is 0.571. The minimum Gasteiger partial charge on any atom is -0.627 e. The zero-order chi connectivity index (χ0) is 11.9. The first-order chi connectivity index (χ1) is 7.73. The molecule has 0 aliphatic carbocycles. The third-order valence-electron chi connectivity index (χ3n) is 2.97. The lowest BCUT2D eigenvalue weighted by Crippen LogP contribution is -2.44. The Kier molecular flexibility index (Phi) is 5.50. The maximum Gasteiger partial charge on any atom is 0.132 e. The van der Waals surface area contributed by atoms with Crippen molar-refractivity contribution < 1.29 is 0 Å². The Bertz CT molecular complexity index is 276. The van der Waals surface area contributed by atoms with E-state index in [9.17, 15) is 5.21 Å². The van der Waals surface area contributed by atoms with Gasteiger partial charge in [-0.3, -0.25) is 0 Å². The first kappa shape index (κ1) is 13.2. The van der Waals surface area contributed by atoms with Crippen molar-refractivity contribution in [2.45, 2.75) is 39.5 Å². The van der Waals surface area contributed by atoms with E-state index in [4.69, 9.17) is 0 Å². The number of para-hydroxylation sites is 1. The molecule has 0 radical (unpaired) electrons. The smallest absolute Gasteiger partial charge is 0.132 e. The van der Waals surface area contributed by atoms with Gasteiger partial charge in [-0.15, -0.1) is 0 Å². The number of unbranched alkanes of at least 4 members (excludes halogenated alkanes) is 2. The maximum atomic E-state index is 12.8. The molecular formula is C14H23NO. The molecule has 0 atom stereocenters. The van der Waals surface area contributed by atoms with Gasteiger partial charge in [0, 0.05) is 0 Å². The molecule has 0 amide bonds. The molecule has 0 fully saturated rings. The molecule has 0 aliphatic heterocycles. The van der Waals surface area contributed by atoms with Gasteiger partial charge in [-0.05, 0) is 25.0 Å². The summed E-state index contributed by atoms with van der Waals surface area (Å²) in [6, 6.07) is 9.79. The van der Waals surface area contributed by atoms with E-state index in [1.54, 1.807) is 0 Å². The molecule has 0 aliphatic rings. The normalized spacial score (nSPS) is 11.7. The average Bonchev–Trinajstić information content (AvgIpc) is 2.35. The van der Waals surface area contributed by atoms with Crippen molar-refractivity contribution in [3.63, 3.8) is 0 Å². The van der Waals surface area contributed by atoms with Crippen LogP contribution in [0.3, 0.4) is 0 Å². The van der Waals surface area contributed by atoms with Gasteiger partial charge in [0.25, 0.3) is 0 Å². The number of rotatable bonds is 7. The number of nitrogens with zero attached hydrogens (tertiary/aromatic N) is 1.